The fraction of sp³-hybridized carbons (Fsp3) is 0.267. The van der Waals surface area contributed by atoms with Crippen LogP contribution in [0.4, 0.5) is 13.2 Å². The molecule has 0 bridgehead atoms. The van der Waals surface area contributed by atoms with Crippen LogP contribution in [0.25, 0.3) is 0 Å². The van der Waals surface area contributed by atoms with Gasteiger partial charge in [-0.2, -0.15) is 13.2 Å². The summed E-state index contributed by atoms with van der Waals surface area (Å²) < 4.78 is 42.6. The number of carbonyl (C=O) groups is 1. The minimum absolute atomic E-state index is 0.106. The van der Waals surface area contributed by atoms with E-state index in [0.717, 1.165) is 0 Å². The van der Waals surface area contributed by atoms with Crippen molar-refractivity contribution in [2.45, 2.75) is 22.9 Å². The zero-order valence-electron chi connectivity index (χ0n) is 12.1. The van der Waals surface area contributed by atoms with Crippen LogP contribution in [0.3, 0.4) is 0 Å². The molecule has 1 heterocycles. The van der Waals surface area contributed by atoms with E-state index in [1.54, 1.807) is 12.1 Å². The molecule has 2 aromatic rings. The van der Waals surface area contributed by atoms with E-state index in [9.17, 15) is 23.1 Å². The van der Waals surface area contributed by atoms with Crippen LogP contribution in [0.2, 0.25) is 0 Å². The van der Waals surface area contributed by atoms with Gasteiger partial charge in [-0.25, -0.2) is 0 Å². The highest BCUT2D eigenvalue weighted by molar-refractivity contribution is 8.00. The lowest BCUT2D eigenvalue weighted by atomic mass is 10.0. The Labute approximate surface area is 134 Å². The van der Waals surface area contributed by atoms with Gasteiger partial charge in [0.25, 0.3) is 5.91 Å². The third-order valence-corrected chi connectivity index (χ3v) is 3.81. The lowest BCUT2D eigenvalue weighted by Crippen LogP contribution is -2.38. The first-order valence-corrected chi connectivity index (χ1v) is 7.40. The summed E-state index contributed by atoms with van der Waals surface area (Å²) in [4.78, 5) is 11.9. The molecule has 2 rings (SSSR count). The van der Waals surface area contributed by atoms with Gasteiger partial charge in [-0.15, -0.1) is 0 Å². The molecule has 1 aromatic heterocycles. The topological polar surface area (TPSA) is 62.5 Å². The van der Waals surface area contributed by atoms with Crippen LogP contribution >= 0.6 is 11.8 Å². The molecule has 0 saturated carbocycles. The van der Waals surface area contributed by atoms with E-state index < -0.39 is 17.0 Å². The molecule has 0 aliphatic rings. The van der Waals surface area contributed by atoms with Crippen molar-refractivity contribution < 1.29 is 27.5 Å². The monoisotopic (exact) mass is 345 g/mol. The number of amides is 1. The van der Waals surface area contributed by atoms with Crippen molar-refractivity contribution in [1.29, 1.82) is 0 Å². The molecule has 8 heteroatoms. The van der Waals surface area contributed by atoms with Gasteiger partial charge in [-0.05, 0) is 43.0 Å². The maximum Gasteiger partial charge on any atom is 0.446 e. The molecule has 1 amide bonds. The van der Waals surface area contributed by atoms with Crippen molar-refractivity contribution >= 4 is 17.7 Å². The lowest BCUT2D eigenvalue weighted by molar-refractivity contribution is -0.0328. The number of carbonyl (C=O) groups excluding carboxylic acids is 1. The Bertz CT molecular complexity index is 669. The normalized spacial score (nSPS) is 14.3. The van der Waals surface area contributed by atoms with Gasteiger partial charge in [0.15, 0.2) is 0 Å². The van der Waals surface area contributed by atoms with Gasteiger partial charge in [0, 0.05) is 4.90 Å². The molecule has 0 fully saturated rings. The molecule has 0 saturated heterocycles. The van der Waals surface area contributed by atoms with Gasteiger partial charge >= 0.3 is 5.51 Å². The van der Waals surface area contributed by atoms with Crippen molar-refractivity contribution in [2.24, 2.45) is 0 Å². The predicted octanol–water partition coefficient (Wildman–Crippen LogP) is 3.53. The van der Waals surface area contributed by atoms with Crippen molar-refractivity contribution in [3.63, 3.8) is 0 Å². The Morgan fingerprint density at radius 3 is 2.57 bits per heavy atom. The third-order valence-electron chi connectivity index (χ3n) is 3.00. The highest BCUT2D eigenvalue weighted by Crippen LogP contribution is 2.38. The van der Waals surface area contributed by atoms with E-state index in [2.05, 4.69) is 5.32 Å². The molecule has 124 valence electrons. The molecule has 0 aliphatic heterocycles. The number of rotatable bonds is 5. The van der Waals surface area contributed by atoms with Crippen LogP contribution < -0.4 is 5.32 Å². The standard InChI is InChI=1S/C15H14F3NO3S/c1-14(21,12-7-4-8-22-12)9-19-13(20)10-5-2-3-6-11(10)23-15(16,17)18/h2-8,21H,9H2,1H3,(H,19,20). The van der Waals surface area contributed by atoms with Crippen LogP contribution in [0, 0.1) is 0 Å². The van der Waals surface area contributed by atoms with Gasteiger partial charge in [-0.3, -0.25) is 4.79 Å². The highest BCUT2D eigenvalue weighted by atomic mass is 32.2. The Hall–Kier alpha value is -1.93. The van der Waals surface area contributed by atoms with E-state index >= 15 is 0 Å². The minimum Gasteiger partial charge on any atom is -0.466 e. The summed E-state index contributed by atoms with van der Waals surface area (Å²) in [5.41, 5.74) is -6.06. The first-order chi connectivity index (χ1) is 10.7. The molecule has 0 spiro atoms. The summed E-state index contributed by atoms with van der Waals surface area (Å²) in [5, 5.41) is 12.7. The van der Waals surface area contributed by atoms with Crippen molar-refractivity contribution in [2.75, 3.05) is 6.54 Å². The largest absolute Gasteiger partial charge is 0.466 e. The number of hydrogen-bond donors (Lipinski definition) is 2. The SMILES string of the molecule is CC(O)(CNC(=O)c1ccccc1SC(F)(F)F)c1ccco1. The van der Waals surface area contributed by atoms with E-state index in [-0.39, 0.29) is 34.5 Å². The maximum absolute atomic E-state index is 12.5. The number of halogens is 3. The van der Waals surface area contributed by atoms with Crippen LogP contribution in [0.5, 0.6) is 0 Å². The second kappa shape index (κ2) is 6.67. The number of benzene rings is 1. The van der Waals surface area contributed by atoms with Crippen LogP contribution in [-0.2, 0) is 5.60 Å². The average Bonchev–Trinajstić information content (AvgIpc) is 2.99. The van der Waals surface area contributed by atoms with Gasteiger partial charge in [0.1, 0.15) is 11.4 Å². The van der Waals surface area contributed by atoms with Crippen LogP contribution in [0.15, 0.2) is 52.0 Å². The van der Waals surface area contributed by atoms with Crippen molar-refractivity contribution in [3.05, 3.63) is 54.0 Å². The molecular formula is C15H14F3NO3S. The van der Waals surface area contributed by atoms with Gasteiger partial charge in [0.05, 0.1) is 18.4 Å². The van der Waals surface area contributed by atoms with Crippen LogP contribution in [-0.4, -0.2) is 23.1 Å². The van der Waals surface area contributed by atoms with E-state index in [0.29, 0.717) is 0 Å². The summed E-state index contributed by atoms with van der Waals surface area (Å²) in [6.07, 6.45) is 1.38. The quantitative estimate of drug-likeness (QED) is 0.814. The summed E-state index contributed by atoms with van der Waals surface area (Å²) >= 11 is -0.355. The van der Waals surface area contributed by atoms with Crippen molar-refractivity contribution in [1.82, 2.24) is 5.32 Å². The Kier molecular flexibility index (Phi) is 5.06. The van der Waals surface area contributed by atoms with E-state index in [4.69, 9.17) is 4.42 Å². The predicted molar refractivity (Wildman–Crippen MR) is 79.0 cm³/mol. The molecule has 1 atom stereocenters. The molecule has 1 aromatic carbocycles. The summed E-state index contributed by atoms with van der Waals surface area (Å²) in [5.74, 6) is -0.458. The molecule has 23 heavy (non-hydrogen) atoms. The third kappa shape index (κ3) is 4.77. The molecular weight excluding hydrogens is 331 g/mol. The molecule has 0 aliphatic carbocycles. The average molecular weight is 345 g/mol. The smallest absolute Gasteiger partial charge is 0.446 e. The fourth-order valence-electron chi connectivity index (χ4n) is 1.89. The molecule has 2 N–H and O–H groups in total. The van der Waals surface area contributed by atoms with Gasteiger partial charge in [0.2, 0.25) is 0 Å². The minimum atomic E-state index is -4.49. The van der Waals surface area contributed by atoms with E-state index in [1.165, 1.54) is 37.5 Å². The van der Waals surface area contributed by atoms with E-state index in [1.807, 2.05) is 0 Å². The maximum atomic E-state index is 12.5. The fourth-order valence-corrected chi connectivity index (χ4v) is 2.55. The molecule has 1 unspecified atom stereocenters. The number of hydrogen-bond acceptors (Lipinski definition) is 4. The Morgan fingerprint density at radius 2 is 1.96 bits per heavy atom. The number of alkyl halides is 3. The number of aliphatic hydroxyl groups is 1. The summed E-state index contributed by atoms with van der Waals surface area (Å²) in [6, 6.07) is 8.53. The summed E-state index contributed by atoms with van der Waals surface area (Å²) in [6.45, 7) is 1.23. The number of thioether (sulfide) groups is 1. The zero-order valence-corrected chi connectivity index (χ0v) is 12.9. The molecule has 0 radical (unpaired) electrons. The first kappa shape index (κ1) is 17.4. The van der Waals surface area contributed by atoms with Gasteiger partial charge in [-0.1, -0.05) is 12.1 Å². The Morgan fingerprint density at radius 1 is 1.26 bits per heavy atom. The first-order valence-electron chi connectivity index (χ1n) is 6.58. The van der Waals surface area contributed by atoms with Crippen molar-refractivity contribution in [3.8, 4) is 0 Å². The van der Waals surface area contributed by atoms with Crippen LogP contribution in [0.1, 0.15) is 23.0 Å². The summed E-state index contributed by atoms with van der Waals surface area (Å²) in [7, 11) is 0. The lowest BCUT2D eigenvalue weighted by Gasteiger charge is -2.21. The zero-order chi connectivity index (χ0) is 17.1. The highest BCUT2D eigenvalue weighted by Gasteiger charge is 2.32. The number of nitrogens with one attached hydrogen (secondary N) is 1. The van der Waals surface area contributed by atoms with Gasteiger partial charge < -0.3 is 14.8 Å². The molecule has 4 nitrogen and oxygen atoms in total. The Balaban J connectivity index is 2.10. The number of furan rings is 1. The second-order valence-electron chi connectivity index (χ2n) is 4.98. The second-order valence-corrected chi connectivity index (χ2v) is 6.08.